The van der Waals surface area contributed by atoms with E-state index in [4.69, 9.17) is 0 Å². The van der Waals surface area contributed by atoms with Crippen LogP contribution < -0.4 is 4.90 Å². The molecule has 0 bridgehead atoms. The smallest absolute Gasteiger partial charge is 0.338 e. The molecule has 1 saturated carbocycles. The summed E-state index contributed by atoms with van der Waals surface area (Å²) in [5.41, 5.74) is 4.50. The number of carbonyl (C=O) groups excluding carboxylic acids is 1. The van der Waals surface area contributed by atoms with E-state index in [0.717, 1.165) is 48.4 Å². The Morgan fingerprint density at radius 2 is 1.54 bits per heavy atom. The highest BCUT2D eigenvalue weighted by atomic mass is 19.1. The largest absolute Gasteiger partial charge is 0.478 e. The van der Waals surface area contributed by atoms with E-state index in [2.05, 4.69) is 31.2 Å². The molecule has 37 heavy (non-hydrogen) atoms. The summed E-state index contributed by atoms with van der Waals surface area (Å²) in [4.78, 5) is 26.2. The second kappa shape index (κ2) is 12.7. The van der Waals surface area contributed by atoms with Crippen LogP contribution in [0.2, 0.25) is 0 Å². The number of aromatic carboxylic acids is 1. The first kappa shape index (κ1) is 26.6. The average molecular weight is 502 g/mol. The number of unbranched alkanes of at least 4 members (excludes halogenated alkanes) is 1. The van der Waals surface area contributed by atoms with Crippen LogP contribution in [0.15, 0.2) is 66.7 Å². The molecule has 1 amide bonds. The van der Waals surface area contributed by atoms with Gasteiger partial charge in [0.15, 0.2) is 0 Å². The molecule has 0 spiro atoms. The Balaban J connectivity index is 1.51. The van der Waals surface area contributed by atoms with Gasteiger partial charge in [0, 0.05) is 12.1 Å². The summed E-state index contributed by atoms with van der Waals surface area (Å²) in [5, 5.41) is 9.20. The highest BCUT2D eigenvalue weighted by Crippen LogP contribution is 2.30. The number of halogens is 1. The van der Waals surface area contributed by atoms with E-state index in [9.17, 15) is 19.1 Å². The Bertz CT molecular complexity index is 1200. The lowest BCUT2D eigenvalue weighted by molar-refractivity contribution is -0.119. The maximum atomic E-state index is 14.5. The third kappa shape index (κ3) is 7.06. The Hall–Kier alpha value is -3.47. The number of benzene rings is 3. The van der Waals surface area contributed by atoms with Gasteiger partial charge in [0.05, 0.1) is 12.1 Å². The predicted molar refractivity (Wildman–Crippen MR) is 146 cm³/mol. The van der Waals surface area contributed by atoms with Crippen molar-refractivity contribution in [3.63, 3.8) is 0 Å². The second-order valence-electron chi connectivity index (χ2n) is 10.1. The van der Waals surface area contributed by atoms with Crippen LogP contribution >= 0.6 is 0 Å². The molecule has 5 heteroatoms. The van der Waals surface area contributed by atoms with Crippen molar-refractivity contribution in [3.05, 3.63) is 89.2 Å². The van der Waals surface area contributed by atoms with Crippen LogP contribution in [0.25, 0.3) is 11.1 Å². The van der Waals surface area contributed by atoms with Crippen LogP contribution in [-0.2, 0) is 17.8 Å². The van der Waals surface area contributed by atoms with Crippen LogP contribution in [0.4, 0.5) is 10.1 Å². The number of hydrogen-bond donors (Lipinski definition) is 1. The molecule has 0 aromatic heterocycles. The van der Waals surface area contributed by atoms with Crippen molar-refractivity contribution < 1.29 is 19.1 Å². The van der Waals surface area contributed by atoms with Gasteiger partial charge in [-0.3, -0.25) is 4.79 Å². The van der Waals surface area contributed by atoms with Crippen LogP contribution in [0.1, 0.15) is 79.8 Å². The van der Waals surface area contributed by atoms with Gasteiger partial charge in [-0.1, -0.05) is 87.6 Å². The zero-order valence-corrected chi connectivity index (χ0v) is 21.6. The van der Waals surface area contributed by atoms with Crippen LogP contribution in [0, 0.1) is 11.7 Å². The molecule has 0 saturated heterocycles. The normalized spacial score (nSPS) is 13.6. The minimum Gasteiger partial charge on any atom is -0.478 e. The van der Waals surface area contributed by atoms with Gasteiger partial charge in [-0.25, -0.2) is 9.18 Å². The Kier molecular flexibility index (Phi) is 9.10. The van der Waals surface area contributed by atoms with Gasteiger partial charge in [0.2, 0.25) is 5.91 Å². The lowest BCUT2D eigenvalue weighted by Gasteiger charge is -2.24. The van der Waals surface area contributed by atoms with Gasteiger partial charge in [0.1, 0.15) is 5.82 Å². The third-order valence-corrected chi connectivity index (χ3v) is 7.44. The van der Waals surface area contributed by atoms with Crippen molar-refractivity contribution >= 4 is 17.6 Å². The van der Waals surface area contributed by atoms with Gasteiger partial charge in [-0.15, -0.1) is 0 Å². The first-order chi connectivity index (χ1) is 17.9. The molecule has 0 aliphatic heterocycles. The van der Waals surface area contributed by atoms with Gasteiger partial charge in [0.25, 0.3) is 0 Å². The van der Waals surface area contributed by atoms with Gasteiger partial charge < -0.3 is 10.0 Å². The third-order valence-electron chi connectivity index (χ3n) is 7.44. The summed E-state index contributed by atoms with van der Waals surface area (Å²) in [5.74, 6) is -1.65. The summed E-state index contributed by atoms with van der Waals surface area (Å²) in [7, 11) is 0. The number of aryl methyl sites for hydroxylation is 1. The molecular formula is C32H36FNO3. The quantitative estimate of drug-likeness (QED) is 0.289. The molecular weight excluding hydrogens is 465 g/mol. The first-order valence-corrected chi connectivity index (χ1v) is 13.5. The highest BCUT2D eigenvalue weighted by Gasteiger charge is 2.22. The number of carboxylic acid groups (broad SMARTS) is 1. The van der Waals surface area contributed by atoms with E-state index < -0.39 is 17.3 Å². The molecule has 1 aliphatic carbocycles. The summed E-state index contributed by atoms with van der Waals surface area (Å²) < 4.78 is 14.5. The number of carbonyl (C=O) groups is 2. The van der Waals surface area contributed by atoms with Crippen molar-refractivity contribution in [2.24, 2.45) is 5.92 Å². The molecule has 0 unspecified atom stereocenters. The van der Waals surface area contributed by atoms with E-state index in [1.54, 1.807) is 4.90 Å². The molecule has 1 aliphatic rings. The number of anilines is 1. The first-order valence-electron chi connectivity index (χ1n) is 13.5. The fraction of sp³-hybridized carbons (Fsp3) is 0.375. The number of amides is 1. The number of hydrogen-bond acceptors (Lipinski definition) is 2. The maximum absolute atomic E-state index is 14.5. The Morgan fingerprint density at radius 1 is 0.919 bits per heavy atom. The lowest BCUT2D eigenvalue weighted by Crippen LogP contribution is -2.30. The van der Waals surface area contributed by atoms with E-state index in [-0.39, 0.29) is 5.91 Å². The molecule has 3 aromatic carbocycles. The minimum atomic E-state index is -1.32. The minimum absolute atomic E-state index is 0.0684. The molecule has 4 nitrogen and oxygen atoms in total. The maximum Gasteiger partial charge on any atom is 0.338 e. The van der Waals surface area contributed by atoms with Crippen molar-refractivity contribution in [2.75, 3.05) is 4.90 Å². The standard InChI is InChI=1S/C32H36FNO3/c1-2-3-6-24-9-14-26(15-10-24)27-16-11-25(12-17-27)22-34(31(35)20-13-23-7-4-5-8-23)28-18-19-29(32(36)37)30(33)21-28/h9-12,14-19,21,23H,2-8,13,20,22H2,1H3,(H,36,37). The summed E-state index contributed by atoms with van der Waals surface area (Å²) in [6, 6.07) is 20.7. The molecule has 0 atom stereocenters. The molecule has 0 radical (unpaired) electrons. The SMILES string of the molecule is CCCCc1ccc(-c2ccc(CN(C(=O)CCC3CCCC3)c3ccc(C(=O)O)c(F)c3)cc2)cc1. The monoisotopic (exact) mass is 501 g/mol. The lowest BCUT2D eigenvalue weighted by atomic mass is 10.00. The summed E-state index contributed by atoms with van der Waals surface area (Å²) in [6.45, 7) is 2.49. The van der Waals surface area contributed by atoms with Crippen LogP contribution in [0.5, 0.6) is 0 Å². The average Bonchev–Trinajstić information content (AvgIpc) is 3.43. The zero-order chi connectivity index (χ0) is 26.2. The molecule has 4 rings (SSSR count). The van der Waals surface area contributed by atoms with Crippen molar-refractivity contribution in [3.8, 4) is 11.1 Å². The molecule has 0 heterocycles. The zero-order valence-electron chi connectivity index (χ0n) is 21.6. The van der Waals surface area contributed by atoms with E-state index in [0.29, 0.717) is 24.6 Å². The number of rotatable bonds is 11. The molecule has 1 N–H and O–H groups in total. The topological polar surface area (TPSA) is 57.6 Å². The Morgan fingerprint density at radius 3 is 2.11 bits per heavy atom. The van der Waals surface area contributed by atoms with Crippen LogP contribution in [0.3, 0.4) is 0 Å². The summed E-state index contributed by atoms with van der Waals surface area (Å²) >= 11 is 0. The van der Waals surface area contributed by atoms with E-state index in [1.165, 1.54) is 43.4 Å². The Labute approximate surface area is 219 Å². The number of carboxylic acids is 1. The van der Waals surface area contributed by atoms with Gasteiger partial charge in [-0.05, 0) is 65.6 Å². The van der Waals surface area contributed by atoms with E-state index >= 15 is 0 Å². The number of nitrogens with zero attached hydrogens (tertiary/aromatic N) is 1. The molecule has 194 valence electrons. The summed E-state index contributed by atoms with van der Waals surface area (Å²) in [6.07, 6.45) is 9.46. The van der Waals surface area contributed by atoms with Gasteiger partial charge in [-0.2, -0.15) is 0 Å². The second-order valence-corrected chi connectivity index (χ2v) is 10.1. The van der Waals surface area contributed by atoms with Crippen molar-refractivity contribution in [1.82, 2.24) is 0 Å². The molecule has 1 fully saturated rings. The fourth-order valence-electron chi connectivity index (χ4n) is 5.16. The fourth-order valence-corrected chi connectivity index (χ4v) is 5.16. The predicted octanol–water partition coefficient (Wildman–Crippen LogP) is 8.04. The van der Waals surface area contributed by atoms with Crippen molar-refractivity contribution in [1.29, 1.82) is 0 Å². The van der Waals surface area contributed by atoms with Gasteiger partial charge >= 0.3 is 5.97 Å². The van der Waals surface area contributed by atoms with Crippen LogP contribution in [-0.4, -0.2) is 17.0 Å². The highest BCUT2D eigenvalue weighted by molar-refractivity contribution is 5.94. The molecule has 3 aromatic rings. The van der Waals surface area contributed by atoms with Crippen molar-refractivity contribution in [2.45, 2.75) is 71.3 Å². The van der Waals surface area contributed by atoms with E-state index in [1.807, 2.05) is 24.3 Å².